The van der Waals surface area contributed by atoms with Crippen molar-refractivity contribution in [2.24, 2.45) is 0 Å². The maximum absolute atomic E-state index is 13.5. The molecule has 0 spiro atoms. The first-order valence-electron chi connectivity index (χ1n) is 5.51. The van der Waals surface area contributed by atoms with Gasteiger partial charge in [0.2, 0.25) is 0 Å². The van der Waals surface area contributed by atoms with Crippen LogP contribution in [-0.2, 0) is 17.8 Å². The van der Waals surface area contributed by atoms with Crippen molar-refractivity contribution < 1.29 is 9.13 Å². The lowest BCUT2D eigenvalue weighted by Crippen LogP contribution is -2.12. The summed E-state index contributed by atoms with van der Waals surface area (Å²) in [6.45, 7) is 2.87. The average molecular weight is 252 g/mol. The van der Waals surface area contributed by atoms with Crippen LogP contribution < -0.4 is 0 Å². The molecular formula is C13H11ClFNO. The van der Waals surface area contributed by atoms with Gasteiger partial charge in [-0.25, -0.2) is 4.39 Å². The molecule has 0 saturated heterocycles. The summed E-state index contributed by atoms with van der Waals surface area (Å²) < 4.78 is 18.9. The second-order valence-corrected chi connectivity index (χ2v) is 4.65. The Bertz CT molecular complexity index is 612. The van der Waals surface area contributed by atoms with E-state index in [2.05, 4.69) is 4.98 Å². The summed E-state index contributed by atoms with van der Waals surface area (Å²) in [5.41, 5.74) is 3.07. The number of rotatable bonds is 0. The highest BCUT2D eigenvalue weighted by Gasteiger charge is 2.18. The molecule has 0 atom stereocenters. The molecule has 0 radical (unpaired) electrons. The summed E-state index contributed by atoms with van der Waals surface area (Å²) in [7, 11) is 0. The second kappa shape index (κ2) is 3.93. The molecule has 1 aliphatic heterocycles. The van der Waals surface area contributed by atoms with E-state index in [-0.39, 0.29) is 5.82 Å². The molecule has 0 aliphatic carbocycles. The fourth-order valence-electron chi connectivity index (χ4n) is 2.14. The molecule has 2 nitrogen and oxygen atoms in total. The minimum absolute atomic E-state index is 0.243. The highest BCUT2D eigenvalue weighted by molar-refractivity contribution is 6.36. The Labute approximate surface area is 103 Å². The highest BCUT2D eigenvalue weighted by atomic mass is 35.5. The number of pyridine rings is 1. The number of halogens is 2. The molecule has 0 saturated carbocycles. The van der Waals surface area contributed by atoms with Gasteiger partial charge in [0.1, 0.15) is 5.82 Å². The van der Waals surface area contributed by atoms with E-state index in [0.717, 1.165) is 23.1 Å². The number of benzene rings is 1. The molecule has 88 valence electrons. The molecule has 0 N–H and O–H groups in total. The van der Waals surface area contributed by atoms with Crippen LogP contribution in [0.4, 0.5) is 4.39 Å². The van der Waals surface area contributed by atoms with E-state index in [1.165, 1.54) is 6.07 Å². The second-order valence-electron chi connectivity index (χ2n) is 4.27. The van der Waals surface area contributed by atoms with E-state index in [1.807, 2.05) is 0 Å². The van der Waals surface area contributed by atoms with Crippen LogP contribution in [0.5, 0.6) is 0 Å². The highest BCUT2D eigenvalue weighted by Crippen LogP contribution is 2.32. The summed E-state index contributed by atoms with van der Waals surface area (Å²) in [5.74, 6) is -0.243. The number of hydrogen-bond donors (Lipinski definition) is 0. The molecule has 3 rings (SSSR count). The monoisotopic (exact) mass is 251 g/mol. The molecule has 1 aromatic carbocycles. The van der Waals surface area contributed by atoms with Gasteiger partial charge in [-0.1, -0.05) is 11.6 Å². The van der Waals surface area contributed by atoms with Gasteiger partial charge in [-0.3, -0.25) is 4.98 Å². The Morgan fingerprint density at radius 2 is 2.24 bits per heavy atom. The number of ether oxygens (including phenoxy) is 1. The summed E-state index contributed by atoms with van der Waals surface area (Å²) in [6, 6.07) is 3.20. The fraction of sp³-hybridized carbons (Fsp3) is 0.308. The van der Waals surface area contributed by atoms with Crippen molar-refractivity contribution in [1.82, 2.24) is 4.98 Å². The molecule has 17 heavy (non-hydrogen) atoms. The maximum atomic E-state index is 13.5. The molecule has 2 heterocycles. The van der Waals surface area contributed by atoms with E-state index in [0.29, 0.717) is 29.3 Å². The van der Waals surface area contributed by atoms with Gasteiger partial charge in [0, 0.05) is 23.4 Å². The molecule has 0 amide bonds. The number of aryl methyl sites for hydroxylation is 1. The molecule has 1 aliphatic rings. The van der Waals surface area contributed by atoms with Gasteiger partial charge >= 0.3 is 0 Å². The van der Waals surface area contributed by atoms with Gasteiger partial charge in [-0.15, -0.1) is 0 Å². The summed E-state index contributed by atoms with van der Waals surface area (Å²) in [5, 5.41) is 1.45. The molecular weight excluding hydrogens is 241 g/mol. The zero-order chi connectivity index (χ0) is 12.0. The number of fused-ring (bicyclic) bond motifs is 2. The summed E-state index contributed by atoms with van der Waals surface area (Å²) in [6.07, 6.45) is 0.737. The van der Waals surface area contributed by atoms with Crippen LogP contribution in [0.3, 0.4) is 0 Å². The van der Waals surface area contributed by atoms with Gasteiger partial charge in [0.25, 0.3) is 0 Å². The third-order valence-electron chi connectivity index (χ3n) is 3.11. The van der Waals surface area contributed by atoms with Crippen LogP contribution in [0.15, 0.2) is 12.1 Å². The van der Waals surface area contributed by atoms with Crippen molar-refractivity contribution in [3.05, 3.63) is 39.8 Å². The molecule has 0 bridgehead atoms. The van der Waals surface area contributed by atoms with Crippen LogP contribution >= 0.6 is 11.6 Å². The predicted molar refractivity (Wildman–Crippen MR) is 64.8 cm³/mol. The van der Waals surface area contributed by atoms with Gasteiger partial charge in [0.15, 0.2) is 0 Å². The topological polar surface area (TPSA) is 22.1 Å². The van der Waals surface area contributed by atoms with Crippen molar-refractivity contribution in [2.75, 3.05) is 6.61 Å². The van der Waals surface area contributed by atoms with Gasteiger partial charge in [0.05, 0.1) is 29.4 Å². The minimum Gasteiger partial charge on any atom is -0.376 e. The fourth-order valence-corrected chi connectivity index (χ4v) is 2.45. The van der Waals surface area contributed by atoms with Crippen molar-refractivity contribution in [3.63, 3.8) is 0 Å². The van der Waals surface area contributed by atoms with Crippen molar-refractivity contribution in [1.29, 1.82) is 0 Å². The van der Waals surface area contributed by atoms with Crippen LogP contribution in [0.25, 0.3) is 10.9 Å². The Hall–Kier alpha value is -1.19. The zero-order valence-electron chi connectivity index (χ0n) is 9.39. The minimum atomic E-state index is -0.243. The van der Waals surface area contributed by atoms with E-state index < -0.39 is 0 Å². The smallest absolute Gasteiger partial charge is 0.128 e. The van der Waals surface area contributed by atoms with Gasteiger partial charge < -0.3 is 4.74 Å². The van der Waals surface area contributed by atoms with E-state index in [1.54, 1.807) is 13.0 Å². The first kappa shape index (κ1) is 10.9. The quantitative estimate of drug-likeness (QED) is 0.716. The molecule has 0 fully saturated rings. The Balaban J connectivity index is 2.36. The first-order chi connectivity index (χ1) is 8.16. The lowest BCUT2D eigenvalue weighted by molar-refractivity contribution is 0.109. The molecule has 1 aromatic heterocycles. The summed E-state index contributed by atoms with van der Waals surface area (Å²) in [4.78, 5) is 4.47. The molecule has 2 aromatic rings. The Morgan fingerprint density at radius 1 is 1.41 bits per heavy atom. The van der Waals surface area contributed by atoms with Gasteiger partial charge in [-0.2, -0.15) is 0 Å². The van der Waals surface area contributed by atoms with E-state index >= 15 is 0 Å². The van der Waals surface area contributed by atoms with Crippen molar-refractivity contribution in [2.45, 2.75) is 20.0 Å². The summed E-state index contributed by atoms with van der Waals surface area (Å²) >= 11 is 6.34. The molecule has 4 heteroatoms. The predicted octanol–water partition coefficient (Wildman–Crippen LogP) is 3.41. The number of nitrogens with zero attached hydrogens (tertiary/aromatic N) is 1. The maximum Gasteiger partial charge on any atom is 0.128 e. The van der Waals surface area contributed by atoms with E-state index in [9.17, 15) is 4.39 Å². The largest absolute Gasteiger partial charge is 0.376 e. The third kappa shape index (κ3) is 1.70. The van der Waals surface area contributed by atoms with Crippen molar-refractivity contribution >= 4 is 22.5 Å². The van der Waals surface area contributed by atoms with Crippen LogP contribution in [0, 0.1) is 12.7 Å². The first-order valence-corrected chi connectivity index (χ1v) is 5.89. The van der Waals surface area contributed by atoms with Crippen LogP contribution in [0.1, 0.15) is 16.8 Å². The number of aromatic nitrogens is 1. The number of hydrogen-bond acceptors (Lipinski definition) is 2. The van der Waals surface area contributed by atoms with Crippen LogP contribution in [-0.4, -0.2) is 11.6 Å². The van der Waals surface area contributed by atoms with E-state index in [4.69, 9.17) is 16.3 Å². The third-order valence-corrected chi connectivity index (χ3v) is 3.54. The van der Waals surface area contributed by atoms with Crippen molar-refractivity contribution in [3.8, 4) is 0 Å². The Morgan fingerprint density at radius 3 is 3.06 bits per heavy atom. The lowest BCUT2D eigenvalue weighted by atomic mass is 10.0. The normalized spacial score (nSPS) is 15.0. The molecule has 0 unspecified atom stereocenters. The van der Waals surface area contributed by atoms with Crippen LogP contribution in [0.2, 0.25) is 5.02 Å². The van der Waals surface area contributed by atoms with Gasteiger partial charge in [-0.05, 0) is 18.6 Å². The standard InChI is InChI=1S/C13H11ClFNO/c1-7-4-8-12(5-10(7)15)16-11-2-3-17-6-9(11)13(8)14/h4-5H,2-3,6H2,1H3. The SMILES string of the molecule is Cc1cc2c(Cl)c3c(nc2cc1F)CCOC3. The Kier molecular flexibility index (Phi) is 2.53. The lowest BCUT2D eigenvalue weighted by Gasteiger charge is -2.18. The zero-order valence-corrected chi connectivity index (χ0v) is 10.1. The average Bonchev–Trinajstić information content (AvgIpc) is 2.32.